The fraction of sp³-hybridized carbons (Fsp3) is 0.286. The Bertz CT molecular complexity index is 1210. The molecule has 3 aromatic carbocycles. The Morgan fingerprint density at radius 1 is 0.943 bits per heavy atom. The van der Waals surface area contributed by atoms with Crippen LogP contribution in [0, 0.1) is 0 Å². The van der Waals surface area contributed by atoms with Crippen molar-refractivity contribution in [1.82, 2.24) is 15.5 Å². The summed E-state index contributed by atoms with van der Waals surface area (Å²) in [6.45, 7) is 1.39. The van der Waals surface area contributed by atoms with E-state index in [9.17, 15) is 9.59 Å². The number of carbonyl (C=O) groups is 2. The Morgan fingerprint density at radius 2 is 1.66 bits per heavy atom. The smallest absolute Gasteiger partial charge is 0.319 e. The van der Waals surface area contributed by atoms with Crippen molar-refractivity contribution in [2.24, 2.45) is 0 Å². The lowest BCUT2D eigenvalue weighted by atomic mass is 9.76. The molecular formula is C28H30N4O3. The van der Waals surface area contributed by atoms with Gasteiger partial charge in [-0.3, -0.25) is 10.1 Å². The summed E-state index contributed by atoms with van der Waals surface area (Å²) in [5.74, 6) is 0.387. The van der Waals surface area contributed by atoms with E-state index in [0.717, 1.165) is 36.0 Å². The summed E-state index contributed by atoms with van der Waals surface area (Å²) in [6, 6.07) is 25.3. The average molecular weight is 471 g/mol. The highest BCUT2D eigenvalue weighted by atomic mass is 16.5. The van der Waals surface area contributed by atoms with Gasteiger partial charge in [0.1, 0.15) is 5.75 Å². The van der Waals surface area contributed by atoms with Crippen LogP contribution >= 0.6 is 0 Å². The number of ether oxygens (including phenoxy) is 1. The van der Waals surface area contributed by atoms with Gasteiger partial charge in [0.05, 0.1) is 12.6 Å². The van der Waals surface area contributed by atoms with Crippen molar-refractivity contribution >= 4 is 17.6 Å². The highest BCUT2D eigenvalue weighted by molar-refractivity contribution is 5.99. The number of para-hydroxylation sites is 1. The number of hydrogen-bond donors (Lipinski definition) is 3. The summed E-state index contributed by atoms with van der Waals surface area (Å²) in [5.41, 5.74) is 2.46. The quantitative estimate of drug-likeness (QED) is 0.537. The number of likely N-dealkylation sites (tertiary alicyclic amines) is 1. The summed E-state index contributed by atoms with van der Waals surface area (Å²) in [7, 11) is 1.63. The van der Waals surface area contributed by atoms with Crippen LogP contribution in [0.5, 0.6) is 5.75 Å². The first kappa shape index (κ1) is 22.9. The molecule has 2 heterocycles. The van der Waals surface area contributed by atoms with Crippen molar-refractivity contribution in [2.45, 2.75) is 31.0 Å². The number of carbonyl (C=O) groups excluding carboxylic acids is 2. The maximum atomic E-state index is 13.4. The van der Waals surface area contributed by atoms with Crippen LogP contribution in [-0.4, -0.2) is 43.2 Å². The number of benzene rings is 3. The van der Waals surface area contributed by atoms with E-state index in [1.807, 2.05) is 78.9 Å². The summed E-state index contributed by atoms with van der Waals surface area (Å²) in [4.78, 5) is 28.4. The van der Waals surface area contributed by atoms with Crippen LogP contribution in [0.15, 0.2) is 78.9 Å². The van der Waals surface area contributed by atoms with Crippen LogP contribution in [0.3, 0.4) is 0 Å². The molecule has 3 amide bonds. The van der Waals surface area contributed by atoms with E-state index in [1.54, 1.807) is 12.0 Å². The SMILES string of the molecule is COc1cccc(C2(c3ccccc3)NC(NC(=O)N3CCCCC3)C(=O)Nc3ccccc32)c1. The van der Waals surface area contributed by atoms with E-state index < -0.39 is 11.7 Å². The standard InChI is InChI=1S/C28H30N4O3/c1-35-22-14-10-13-21(19-22)28(20-11-4-2-5-12-20)23-15-6-7-16-24(23)29-26(33)25(31-28)30-27(34)32-17-8-3-9-18-32/h2,4-7,10-16,19,25,31H,3,8-9,17-18H2,1H3,(H,29,33)(H,30,34). The van der Waals surface area contributed by atoms with Gasteiger partial charge in [0, 0.05) is 24.3 Å². The highest BCUT2D eigenvalue weighted by Crippen LogP contribution is 2.42. The second-order valence-electron chi connectivity index (χ2n) is 8.96. The van der Waals surface area contributed by atoms with E-state index in [4.69, 9.17) is 4.74 Å². The van der Waals surface area contributed by atoms with Gasteiger partial charge < -0.3 is 20.3 Å². The van der Waals surface area contributed by atoms with E-state index in [-0.39, 0.29) is 11.9 Å². The third-order valence-electron chi connectivity index (χ3n) is 6.83. The van der Waals surface area contributed by atoms with Gasteiger partial charge in [-0.1, -0.05) is 60.7 Å². The topological polar surface area (TPSA) is 82.7 Å². The molecule has 0 aromatic heterocycles. The molecule has 2 atom stereocenters. The van der Waals surface area contributed by atoms with Crippen molar-refractivity contribution in [1.29, 1.82) is 0 Å². The molecular weight excluding hydrogens is 440 g/mol. The Morgan fingerprint density at radius 3 is 2.43 bits per heavy atom. The molecule has 2 unspecified atom stereocenters. The lowest BCUT2D eigenvalue weighted by Crippen LogP contribution is -2.61. The first-order valence-electron chi connectivity index (χ1n) is 12.1. The normalized spacial score (nSPS) is 21.9. The van der Waals surface area contributed by atoms with Crippen LogP contribution in [0.1, 0.15) is 36.0 Å². The molecule has 0 saturated carbocycles. The summed E-state index contributed by atoms with van der Waals surface area (Å²) >= 11 is 0. The minimum Gasteiger partial charge on any atom is -0.497 e. The molecule has 2 aliphatic heterocycles. The van der Waals surface area contributed by atoms with Gasteiger partial charge in [-0.15, -0.1) is 0 Å². The van der Waals surface area contributed by atoms with Crippen LogP contribution in [0.25, 0.3) is 0 Å². The van der Waals surface area contributed by atoms with Gasteiger partial charge in [0.25, 0.3) is 5.91 Å². The van der Waals surface area contributed by atoms with Gasteiger partial charge in [-0.25, -0.2) is 4.79 Å². The van der Waals surface area contributed by atoms with Gasteiger partial charge in [-0.05, 0) is 48.6 Å². The number of rotatable bonds is 4. The fourth-order valence-corrected chi connectivity index (χ4v) is 5.09. The van der Waals surface area contributed by atoms with E-state index in [1.165, 1.54) is 0 Å². The fourth-order valence-electron chi connectivity index (χ4n) is 5.09. The molecule has 0 radical (unpaired) electrons. The monoisotopic (exact) mass is 470 g/mol. The maximum absolute atomic E-state index is 13.4. The lowest BCUT2D eigenvalue weighted by Gasteiger charge is -2.39. The number of hydrogen-bond acceptors (Lipinski definition) is 4. The Kier molecular flexibility index (Phi) is 6.42. The summed E-state index contributed by atoms with van der Waals surface area (Å²) < 4.78 is 5.55. The van der Waals surface area contributed by atoms with E-state index in [2.05, 4.69) is 16.0 Å². The van der Waals surface area contributed by atoms with Gasteiger partial charge in [0.15, 0.2) is 6.17 Å². The van der Waals surface area contributed by atoms with E-state index in [0.29, 0.717) is 24.5 Å². The summed E-state index contributed by atoms with van der Waals surface area (Å²) in [5, 5.41) is 9.57. The second kappa shape index (κ2) is 9.80. The number of anilines is 1. The van der Waals surface area contributed by atoms with Gasteiger partial charge in [-0.2, -0.15) is 0 Å². The number of fused-ring (bicyclic) bond motifs is 1. The zero-order chi connectivity index (χ0) is 24.3. The Balaban J connectivity index is 1.66. The predicted octanol–water partition coefficient (Wildman–Crippen LogP) is 4.05. The second-order valence-corrected chi connectivity index (χ2v) is 8.96. The minimum absolute atomic E-state index is 0.240. The molecule has 2 aliphatic rings. The molecule has 3 N–H and O–H groups in total. The van der Waals surface area contributed by atoms with Crippen molar-refractivity contribution in [3.8, 4) is 5.75 Å². The van der Waals surface area contributed by atoms with Crippen LogP contribution in [0.4, 0.5) is 10.5 Å². The molecule has 180 valence electrons. The molecule has 0 spiro atoms. The molecule has 0 aliphatic carbocycles. The zero-order valence-corrected chi connectivity index (χ0v) is 19.8. The number of amides is 3. The van der Waals surface area contributed by atoms with Crippen LogP contribution in [0.2, 0.25) is 0 Å². The van der Waals surface area contributed by atoms with Crippen LogP contribution in [-0.2, 0) is 10.3 Å². The number of urea groups is 1. The van der Waals surface area contributed by atoms with Crippen molar-refractivity contribution in [3.63, 3.8) is 0 Å². The van der Waals surface area contributed by atoms with Crippen molar-refractivity contribution < 1.29 is 14.3 Å². The van der Waals surface area contributed by atoms with Crippen LogP contribution < -0.4 is 20.7 Å². The molecule has 0 bridgehead atoms. The molecule has 35 heavy (non-hydrogen) atoms. The zero-order valence-electron chi connectivity index (χ0n) is 19.8. The molecule has 5 rings (SSSR count). The molecule has 7 heteroatoms. The lowest BCUT2D eigenvalue weighted by molar-refractivity contribution is -0.118. The molecule has 3 aromatic rings. The Hall–Kier alpha value is -3.84. The van der Waals surface area contributed by atoms with Gasteiger partial charge in [0.2, 0.25) is 0 Å². The molecule has 1 saturated heterocycles. The summed E-state index contributed by atoms with van der Waals surface area (Å²) in [6.07, 6.45) is 2.10. The number of methoxy groups -OCH3 is 1. The minimum atomic E-state index is -0.969. The third kappa shape index (κ3) is 4.35. The first-order valence-corrected chi connectivity index (χ1v) is 12.1. The number of piperidine rings is 1. The average Bonchev–Trinajstić information content (AvgIpc) is 3.04. The van der Waals surface area contributed by atoms with E-state index >= 15 is 0 Å². The number of nitrogens with zero attached hydrogens (tertiary/aromatic N) is 1. The van der Waals surface area contributed by atoms with Crippen molar-refractivity contribution in [2.75, 3.05) is 25.5 Å². The van der Waals surface area contributed by atoms with Gasteiger partial charge >= 0.3 is 6.03 Å². The number of nitrogens with one attached hydrogen (secondary N) is 3. The Labute approximate surface area is 205 Å². The van der Waals surface area contributed by atoms with Crippen molar-refractivity contribution in [3.05, 3.63) is 95.6 Å². The largest absolute Gasteiger partial charge is 0.497 e. The maximum Gasteiger partial charge on any atom is 0.319 e. The first-order chi connectivity index (χ1) is 17.1. The molecule has 7 nitrogen and oxygen atoms in total. The highest BCUT2D eigenvalue weighted by Gasteiger charge is 2.44. The predicted molar refractivity (Wildman–Crippen MR) is 135 cm³/mol. The molecule has 1 fully saturated rings. The third-order valence-corrected chi connectivity index (χ3v) is 6.83.